The van der Waals surface area contributed by atoms with Crippen molar-refractivity contribution in [3.8, 4) is 11.8 Å². The summed E-state index contributed by atoms with van der Waals surface area (Å²) in [5, 5.41) is 0. The maximum Gasteiger partial charge on any atom is 0.0975 e. The summed E-state index contributed by atoms with van der Waals surface area (Å²) in [5.74, 6) is 6.77. The third kappa shape index (κ3) is 4.35. The Balaban J connectivity index is 1.86. The Kier molecular flexibility index (Phi) is 5.45. The fraction of sp³-hybridized carbons (Fsp3) is 0.130. The summed E-state index contributed by atoms with van der Waals surface area (Å²) in [6.45, 7) is 0.865. The van der Waals surface area contributed by atoms with Gasteiger partial charge in [-0.2, -0.15) is 0 Å². The molecule has 0 heterocycles. The molecule has 3 aromatic rings. The Morgan fingerprint density at radius 3 is 1.92 bits per heavy atom. The molecule has 0 amide bonds. The zero-order valence-corrected chi connectivity index (χ0v) is 13.9. The third-order valence-corrected chi connectivity index (χ3v) is 3.96. The Bertz CT molecular complexity index is 798. The van der Waals surface area contributed by atoms with Gasteiger partial charge in [-0.3, -0.25) is 4.90 Å². The van der Waals surface area contributed by atoms with E-state index in [2.05, 4.69) is 72.3 Å². The highest BCUT2D eigenvalue weighted by Crippen LogP contribution is 2.20. The Morgan fingerprint density at radius 1 is 0.750 bits per heavy atom. The summed E-state index contributed by atoms with van der Waals surface area (Å²) < 4.78 is 0. The van der Waals surface area contributed by atoms with Crippen molar-refractivity contribution in [3.05, 3.63) is 108 Å². The van der Waals surface area contributed by atoms with Crippen molar-refractivity contribution in [3.63, 3.8) is 0 Å². The number of hydrogen-bond acceptors (Lipinski definition) is 1. The molecule has 0 radical (unpaired) electrons. The van der Waals surface area contributed by atoms with Gasteiger partial charge in [-0.1, -0.05) is 90.7 Å². The van der Waals surface area contributed by atoms with E-state index in [0.717, 1.165) is 12.1 Å². The first-order chi connectivity index (χ1) is 11.8. The highest BCUT2D eigenvalue weighted by Gasteiger charge is 2.14. The highest BCUT2D eigenvalue weighted by molar-refractivity contribution is 5.37. The molecular formula is C23H21N. The van der Waals surface area contributed by atoms with Crippen molar-refractivity contribution in [2.24, 2.45) is 0 Å². The van der Waals surface area contributed by atoms with Crippen LogP contribution in [0.4, 0.5) is 0 Å². The van der Waals surface area contributed by atoms with E-state index in [-0.39, 0.29) is 6.04 Å². The van der Waals surface area contributed by atoms with Gasteiger partial charge in [0.25, 0.3) is 0 Å². The minimum absolute atomic E-state index is 0.0617. The van der Waals surface area contributed by atoms with Crippen LogP contribution in [0.5, 0.6) is 0 Å². The lowest BCUT2D eigenvalue weighted by molar-refractivity contribution is 0.285. The van der Waals surface area contributed by atoms with Crippen molar-refractivity contribution in [1.29, 1.82) is 0 Å². The Labute approximate surface area is 144 Å². The SMILES string of the molecule is CN(Cc1ccccc1)C(C#Cc1ccccc1)c1ccccc1. The van der Waals surface area contributed by atoms with Gasteiger partial charge in [-0.15, -0.1) is 0 Å². The molecule has 24 heavy (non-hydrogen) atoms. The quantitative estimate of drug-likeness (QED) is 0.619. The van der Waals surface area contributed by atoms with Gasteiger partial charge in [0.1, 0.15) is 0 Å². The molecule has 118 valence electrons. The first-order valence-electron chi connectivity index (χ1n) is 8.18. The van der Waals surface area contributed by atoms with Gasteiger partial charge in [0.05, 0.1) is 6.04 Å². The fourth-order valence-corrected chi connectivity index (χ4v) is 2.72. The van der Waals surface area contributed by atoms with E-state index in [1.165, 1.54) is 11.1 Å². The second kappa shape index (κ2) is 8.15. The summed E-state index contributed by atoms with van der Waals surface area (Å²) in [6.07, 6.45) is 0. The largest absolute Gasteiger partial charge is 0.285 e. The maximum atomic E-state index is 3.45. The number of hydrogen-bond donors (Lipinski definition) is 0. The second-order valence-corrected chi connectivity index (χ2v) is 5.85. The van der Waals surface area contributed by atoms with Crippen LogP contribution in [0.1, 0.15) is 22.7 Å². The van der Waals surface area contributed by atoms with Crippen molar-refractivity contribution in [1.82, 2.24) is 4.90 Å². The van der Waals surface area contributed by atoms with Crippen molar-refractivity contribution >= 4 is 0 Å². The summed E-state index contributed by atoms with van der Waals surface area (Å²) in [5.41, 5.74) is 3.56. The van der Waals surface area contributed by atoms with Gasteiger partial charge in [0.15, 0.2) is 0 Å². The molecule has 1 nitrogen and oxygen atoms in total. The van der Waals surface area contributed by atoms with Gasteiger partial charge in [0.2, 0.25) is 0 Å². The molecule has 0 aromatic heterocycles. The zero-order valence-electron chi connectivity index (χ0n) is 13.9. The molecule has 0 aliphatic carbocycles. The molecule has 1 unspecified atom stereocenters. The van der Waals surface area contributed by atoms with Crippen molar-refractivity contribution < 1.29 is 0 Å². The van der Waals surface area contributed by atoms with Crippen LogP contribution < -0.4 is 0 Å². The topological polar surface area (TPSA) is 3.24 Å². The summed E-state index contributed by atoms with van der Waals surface area (Å²) >= 11 is 0. The van der Waals surface area contributed by atoms with Crippen molar-refractivity contribution in [2.45, 2.75) is 12.6 Å². The molecule has 0 aliphatic rings. The lowest BCUT2D eigenvalue weighted by atomic mass is 10.0. The van der Waals surface area contributed by atoms with E-state index in [1.807, 2.05) is 42.5 Å². The predicted molar refractivity (Wildman–Crippen MR) is 100 cm³/mol. The number of rotatable bonds is 4. The molecule has 1 atom stereocenters. The molecule has 0 fully saturated rings. The van der Waals surface area contributed by atoms with Crippen LogP contribution in [0.3, 0.4) is 0 Å². The van der Waals surface area contributed by atoms with Crippen molar-refractivity contribution in [2.75, 3.05) is 7.05 Å². The van der Waals surface area contributed by atoms with E-state index in [1.54, 1.807) is 0 Å². The molecule has 0 saturated heterocycles. The van der Waals surface area contributed by atoms with E-state index in [4.69, 9.17) is 0 Å². The first kappa shape index (κ1) is 16.1. The van der Waals surface area contributed by atoms with Gasteiger partial charge in [0, 0.05) is 12.1 Å². The third-order valence-electron chi connectivity index (χ3n) is 3.96. The minimum atomic E-state index is 0.0617. The number of nitrogens with zero attached hydrogens (tertiary/aromatic N) is 1. The smallest absolute Gasteiger partial charge is 0.0975 e. The Hall–Kier alpha value is -2.82. The van der Waals surface area contributed by atoms with Crippen LogP contribution in [0.15, 0.2) is 91.0 Å². The summed E-state index contributed by atoms with van der Waals surface area (Å²) in [6, 6.07) is 31.2. The van der Waals surface area contributed by atoms with Crippen LogP contribution in [0.2, 0.25) is 0 Å². The second-order valence-electron chi connectivity index (χ2n) is 5.85. The average Bonchev–Trinajstić information content (AvgIpc) is 2.64. The summed E-state index contributed by atoms with van der Waals surface area (Å²) in [7, 11) is 2.13. The molecule has 1 heteroatoms. The minimum Gasteiger partial charge on any atom is -0.285 e. The lowest BCUT2D eigenvalue weighted by Gasteiger charge is -2.24. The first-order valence-corrected chi connectivity index (χ1v) is 8.18. The van der Waals surface area contributed by atoms with Gasteiger partial charge in [-0.05, 0) is 30.3 Å². The van der Waals surface area contributed by atoms with E-state index in [9.17, 15) is 0 Å². The molecular weight excluding hydrogens is 290 g/mol. The van der Waals surface area contributed by atoms with E-state index >= 15 is 0 Å². The number of benzene rings is 3. The molecule has 3 rings (SSSR count). The monoisotopic (exact) mass is 311 g/mol. The van der Waals surface area contributed by atoms with Crippen LogP contribution >= 0.6 is 0 Å². The highest BCUT2D eigenvalue weighted by atomic mass is 15.1. The van der Waals surface area contributed by atoms with Gasteiger partial charge in [-0.25, -0.2) is 0 Å². The molecule has 0 spiro atoms. The fourth-order valence-electron chi connectivity index (χ4n) is 2.72. The van der Waals surface area contributed by atoms with Crippen LogP contribution in [-0.4, -0.2) is 11.9 Å². The molecule has 0 saturated carbocycles. The van der Waals surface area contributed by atoms with Crippen LogP contribution in [-0.2, 0) is 6.54 Å². The molecule has 0 N–H and O–H groups in total. The van der Waals surface area contributed by atoms with Crippen LogP contribution in [0, 0.1) is 11.8 Å². The molecule has 3 aromatic carbocycles. The van der Waals surface area contributed by atoms with Gasteiger partial charge < -0.3 is 0 Å². The maximum absolute atomic E-state index is 3.45. The van der Waals surface area contributed by atoms with E-state index in [0.29, 0.717) is 0 Å². The Morgan fingerprint density at radius 2 is 1.29 bits per heavy atom. The lowest BCUT2D eigenvalue weighted by Crippen LogP contribution is -2.23. The molecule has 0 aliphatic heterocycles. The average molecular weight is 311 g/mol. The van der Waals surface area contributed by atoms with Crippen LogP contribution in [0.25, 0.3) is 0 Å². The standard InChI is InChI=1S/C23H21N/c1-24(19-21-13-7-3-8-14-21)23(22-15-9-4-10-16-22)18-17-20-11-5-2-6-12-20/h2-16,23H,19H2,1H3. The summed E-state index contributed by atoms with van der Waals surface area (Å²) in [4.78, 5) is 2.29. The van der Waals surface area contributed by atoms with E-state index < -0.39 is 0 Å². The molecule has 0 bridgehead atoms. The predicted octanol–water partition coefficient (Wildman–Crippen LogP) is 4.91. The normalized spacial score (nSPS) is 11.6. The van der Waals surface area contributed by atoms with Gasteiger partial charge >= 0.3 is 0 Å². The zero-order chi connectivity index (χ0) is 16.6.